The molecule has 104 valence electrons. The molecule has 4 fully saturated rings. The van der Waals surface area contributed by atoms with Crippen LogP contribution in [0.1, 0.15) is 52.4 Å². The molecule has 2 N–H and O–H groups in total. The first-order valence-electron chi connectivity index (χ1n) is 8.09. The van der Waals surface area contributed by atoms with Crippen LogP contribution in [-0.4, -0.2) is 25.7 Å². The molecule has 4 rings (SSSR count). The monoisotopic (exact) mass is 250 g/mol. The highest BCUT2D eigenvalue weighted by Crippen LogP contribution is 2.59. The van der Waals surface area contributed by atoms with Gasteiger partial charge in [0, 0.05) is 25.7 Å². The molecular weight excluding hydrogens is 220 g/mol. The average Bonchev–Trinajstić information content (AvgIpc) is 2.25. The Balaban J connectivity index is 1.45. The first-order valence-corrected chi connectivity index (χ1v) is 8.09. The highest BCUT2D eigenvalue weighted by molar-refractivity contribution is 5.02. The van der Waals surface area contributed by atoms with E-state index in [1.807, 2.05) is 0 Å². The van der Waals surface area contributed by atoms with Gasteiger partial charge in [0.2, 0.25) is 0 Å². The Kier molecular flexibility index (Phi) is 3.68. The maximum atomic E-state index is 3.74. The van der Waals surface area contributed by atoms with Crippen LogP contribution >= 0.6 is 0 Å². The van der Waals surface area contributed by atoms with E-state index < -0.39 is 0 Å². The summed E-state index contributed by atoms with van der Waals surface area (Å²) < 4.78 is 0. The van der Waals surface area contributed by atoms with E-state index in [4.69, 9.17) is 0 Å². The van der Waals surface area contributed by atoms with Crippen LogP contribution in [0.5, 0.6) is 0 Å². The molecule has 4 aliphatic rings. The molecule has 0 spiro atoms. The fourth-order valence-corrected chi connectivity index (χ4v) is 5.31. The Hall–Kier alpha value is -0.0800. The van der Waals surface area contributed by atoms with Crippen LogP contribution in [0.3, 0.4) is 0 Å². The molecule has 0 aromatic heterocycles. The minimum atomic E-state index is 0.617. The van der Waals surface area contributed by atoms with Gasteiger partial charge in [0.05, 0.1) is 0 Å². The van der Waals surface area contributed by atoms with Crippen LogP contribution in [0, 0.1) is 23.2 Å². The van der Waals surface area contributed by atoms with E-state index >= 15 is 0 Å². The van der Waals surface area contributed by atoms with E-state index in [9.17, 15) is 0 Å². The minimum Gasteiger partial charge on any atom is -0.315 e. The number of hydrogen-bond acceptors (Lipinski definition) is 2. The zero-order valence-corrected chi connectivity index (χ0v) is 12.2. The van der Waals surface area contributed by atoms with Crippen molar-refractivity contribution in [1.82, 2.24) is 10.6 Å². The summed E-state index contributed by atoms with van der Waals surface area (Å²) in [6, 6.07) is 0.617. The largest absolute Gasteiger partial charge is 0.315 e. The summed E-state index contributed by atoms with van der Waals surface area (Å²) in [5.41, 5.74) is 0.701. The third kappa shape index (κ3) is 2.75. The Morgan fingerprint density at radius 2 is 1.50 bits per heavy atom. The Labute approximate surface area is 112 Å². The fraction of sp³-hybridized carbons (Fsp3) is 1.00. The molecule has 4 saturated carbocycles. The molecule has 0 amide bonds. The second kappa shape index (κ2) is 5.13. The summed E-state index contributed by atoms with van der Waals surface area (Å²) >= 11 is 0. The molecule has 18 heavy (non-hydrogen) atoms. The summed E-state index contributed by atoms with van der Waals surface area (Å²) in [6.45, 7) is 7.98. The van der Waals surface area contributed by atoms with Crippen molar-refractivity contribution >= 4 is 0 Å². The van der Waals surface area contributed by atoms with Gasteiger partial charge in [0.15, 0.2) is 0 Å². The minimum absolute atomic E-state index is 0.617. The molecule has 0 radical (unpaired) electrons. The van der Waals surface area contributed by atoms with Crippen molar-refractivity contribution in [1.29, 1.82) is 0 Å². The van der Waals surface area contributed by atoms with Gasteiger partial charge in [-0.2, -0.15) is 0 Å². The molecule has 0 saturated heterocycles. The Morgan fingerprint density at radius 1 is 0.944 bits per heavy atom. The summed E-state index contributed by atoms with van der Waals surface area (Å²) in [6.07, 6.45) is 9.29. The molecule has 2 nitrogen and oxygen atoms in total. The topological polar surface area (TPSA) is 24.1 Å². The lowest BCUT2D eigenvalue weighted by molar-refractivity contribution is -0.0511. The zero-order chi connectivity index (χ0) is 12.6. The highest BCUT2D eigenvalue weighted by atomic mass is 15.0. The lowest BCUT2D eigenvalue weighted by Crippen LogP contribution is -2.51. The molecule has 0 atom stereocenters. The average molecular weight is 250 g/mol. The molecule has 0 aromatic carbocycles. The van der Waals surface area contributed by atoms with Gasteiger partial charge < -0.3 is 10.6 Å². The predicted molar refractivity (Wildman–Crippen MR) is 76.6 cm³/mol. The maximum absolute atomic E-state index is 3.74. The SMILES string of the molecule is CC(C)NCCNCC12CC3CC(CC(C3)C1)C2. The predicted octanol–water partition coefficient (Wildman–Crippen LogP) is 2.79. The second-order valence-electron chi connectivity index (χ2n) is 7.70. The molecule has 2 heteroatoms. The van der Waals surface area contributed by atoms with Gasteiger partial charge in [-0.1, -0.05) is 13.8 Å². The Bertz CT molecular complexity index is 250. The van der Waals surface area contributed by atoms with Crippen molar-refractivity contribution in [2.75, 3.05) is 19.6 Å². The molecule has 4 aliphatic carbocycles. The Morgan fingerprint density at radius 3 is 2.00 bits per heavy atom. The van der Waals surface area contributed by atoms with Gasteiger partial charge in [0.25, 0.3) is 0 Å². The lowest BCUT2D eigenvalue weighted by Gasteiger charge is -2.57. The summed E-state index contributed by atoms with van der Waals surface area (Å²) in [7, 11) is 0. The number of rotatable bonds is 6. The molecule has 4 bridgehead atoms. The van der Waals surface area contributed by atoms with E-state index in [-0.39, 0.29) is 0 Å². The smallest absolute Gasteiger partial charge is 0.00790 e. The first-order chi connectivity index (χ1) is 8.65. The molecule has 0 aromatic rings. The van der Waals surface area contributed by atoms with Crippen molar-refractivity contribution in [3.63, 3.8) is 0 Å². The summed E-state index contributed by atoms with van der Waals surface area (Å²) in [5, 5.41) is 7.23. The van der Waals surface area contributed by atoms with Crippen LogP contribution in [-0.2, 0) is 0 Å². The molecular formula is C16H30N2. The molecule has 0 unspecified atom stereocenters. The fourth-order valence-electron chi connectivity index (χ4n) is 5.31. The highest BCUT2D eigenvalue weighted by Gasteiger charge is 2.50. The van der Waals surface area contributed by atoms with Gasteiger partial charge in [-0.3, -0.25) is 0 Å². The van der Waals surface area contributed by atoms with Crippen LogP contribution in [0.4, 0.5) is 0 Å². The summed E-state index contributed by atoms with van der Waals surface area (Å²) in [4.78, 5) is 0. The number of hydrogen-bond donors (Lipinski definition) is 2. The molecule has 0 heterocycles. The van der Waals surface area contributed by atoms with Gasteiger partial charge in [-0.05, 0) is 61.7 Å². The van der Waals surface area contributed by atoms with E-state index in [0.29, 0.717) is 11.5 Å². The van der Waals surface area contributed by atoms with Crippen LogP contribution in [0.2, 0.25) is 0 Å². The van der Waals surface area contributed by atoms with Gasteiger partial charge in [0.1, 0.15) is 0 Å². The van der Waals surface area contributed by atoms with Crippen molar-refractivity contribution in [3.05, 3.63) is 0 Å². The van der Waals surface area contributed by atoms with Crippen molar-refractivity contribution in [2.45, 2.75) is 58.4 Å². The summed E-state index contributed by atoms with van der Waals surface area (Å²) in [5.74, 6) is 3.27. The van der Waals surface area contributed by atoms with E-state index in [1.165, 1.54) is 25.8 Å². The van der Waals surface area contributed by atoms with E-state index in [0.717, 1.165) is 30.8 Å². The third-order valence-corrected chi connectivity index (χ3v) is 5.52. The van der Waals surface area contributed by atoms with Crippen LogP contribution in [0.15, 0.2) is 0 Å². The van der Waals surface area contributed by atoms with Crippen molar-refractivity contribution < 1.29 is 0 Å². The zero-order valence-electron chi connectivity index (χ0n) is 12.2. The molecule has 0 aliphatic heterocycles. The van der Waals surface area contributed by atoms with Gasteiger partial charge in [-0.15, -0.1) is 0 Å². The quantitative estimate of drug-likeness (QED) is 0.708. The van der Waals surface area contributed by atoms with Crippen LogP contribution < -0.4 is 10.6 Å². The normalized spacial score (nSPS) is 41.8. The lowest BCUT2D eigenvalue weighted by atomic mass is 9.49. The van der Waals surface area contributed by atoms with Crippen molar-refractivity contribution in [2.24, 2.45) is 23.2 Å². The van der Waals surface area contributed by atoms with Gasteiger partial charge >= 0.3 is 0 Å². The standard InChI is InChI=1S/C16H30N2/c1-12(2)18-4-3-17-11-16-8-13-5-14(9-16)7-15(6-13)10-16/h12-15,17-18H,3-11H2,1-2H3. The van der Waals surface area contributed by atoms with E-state index in [2.05, 4.69) is 24.5 Å². The first kappa shape index (κ1) is 12.9. The third-order valence-electron chi connectivity index (χ3n) is 5.52. The van der Waals surface area contributed by atoms with Gasteiger partial charge in [-0.25, -0.2) is 0 Å². The van der Waals surface area contributed by atoms with E-state index in [1.54, 1.807) is 19.3 Å². The van der Waals surface area contributed by atoms with Crippen molar-refractivity contribution in [3.8, 4) is 0 Å². The maximum Gasteiger partial charge on any atom is 0.00790 e. The van der Waals surface area contributed by atoms with Crippen LogP contribution in [0.25, 0.3) is 0 Å². The number of nitrogens with one attached hydrogen (secondary N) is 2. The second-order valence-corrected chi connectivity index (χ2v) is 7.70.